The molecular formula is C20H25ClFN6O3+. The first kappa shape index (κ1) is 21.5. The summed E-state index contributed by atoms with van der Waals surface area (Å²) in [5.41, 5.74) is 1.63. The van der Waals surface area contributed by atoms with Crippen molar-refractivity contribution in [1.82, 2.24) is 14.7 Å². The number of urea groups is 2. The van der Waals surface area contributed by atoms with Crippen molar-refractivity contribution in [3.05, 3.63) is 40.4 Å². The number of ether oxygens (including phenoxy) is 1. The average Bonchev–Trinajstić information content (AvgIpc) is 3.09. The molecule has 1 aromatic rings. The van der Waals surface area contributed by atoms with Crippen LogP contribution in [0.1, 0.15) is 6.92 Å². The molecule has 4 N–H and O–H groups in total. The molecule has 9 nitrogen and oxygen atoms in total. The first-order chi connectivity index (χ1) is 14.9. The summed E-state index contributed by atoms with van der Waals surface area (Å²) in [5.74, 6) is -0.557. The van der Waals surface area contributed by atoms with Gasteiger partial charge in [0.25, 0.3) is 0 Å². The molecule has 3 saturated heterocycles. The smallest absolute Gasteiger partial charge is 0.325 e. The molecule has 0 spiro atoms. The van der Waals surface area contributed by atoms with Crippen LogP contribution in [0, 0.1) is 11.2 Å². The summed E-state index contributed by atoms with van der Waals surface area (Å²) in [6, 6.07) is 3.40. The first-order valence-corrected chi connectivity index (χ1v) is 10.5. The van der Waals surface area contributed by atoms with Crippen molar-refractivity contribution in [2.24, 2.45) is 0 Å². The number of nitrogens with zero attached hydrogens (tertiary/aromatic N) is 3. The van der Waals surface area contributed by atoms with Crippen LogP contribution in [-0.4, -0.2) is 84.5 Å². The molecule has 3 aliphatic heterocycles. The Morgan fingerprint density at radius 1 is 1.45 bits per heavy atom. The zero-order valence-corrected chi connectivity index (χ0v) is 17.9. The third-order valence-corrected chi connectivity index (χ3v) is 6.15. The van der Waals surface area contributed by atoms with E-state index in [0.29, 0.717) is 44.2 Å². The minimum atomic E-state index is -0.557. The van der Waals surface area contributed by atoms with Crippen molar-refractivity contribution >= 4 is 35.6 Å². The van der Waals surface area contributed by atoms with Crippen molar-refractivity contribution < 1.29 is 24.0 Å². The quantitative estimate of drug-likeness (QED) is 0.603. The Kier molecular flexibility index (Phi) is 6.12. The highest BCUT2D eigenvalue weighted by Gasteiger charge is 2.42. The molecule has 0 radical (unpaired) electrons. The number of carbonyl (C=O) groups excluding carboxylic acids is 2. The van der Waals surface area contributed by atoms with E-state index in [1.165, 1.54) is 24.4 Å². The Morgan fingerprint density at radius 3 is 2.97 bits per heavy atom. The second-order valence-corrected chi connectivity index (χ2v) is 8.25. The summed E-state index contributed by atoms with van der Waals surface area (Å²) in [6.45, 7) is 4.75. The minimum absolute atomic E-state index is 0.0260. The summed E-state index contributed by atoms with van der Waals surface area (Å²) in [7, 11) is 0. The Bertz CT molecular complexity index is 941. The molecule has 0 bridgehead atoms. The molecule has 166 valence electrons. The maximum atomic E-state index is 13.4. The number of rotatable bonds is 3. The molecule has 3 aliphatic rings. The minimum Gasteiger partial charge on any atom is -0.377 e. The van der Waals surface area contributed by atoms with E-state index in [4.69, 9.17) is 21.7 Å². The number of amides is 4. The summed E-state index contributed by atoms with van der Waals surface area (Å²) < 4.78 is 18.9. The van der Waals surface area contributed by atoms with Crippen molar-refractivity contribution in [2.45, 2.75) is 19.0 Å². The van der Waals surface area contributed by atoms with Crippen LogP contribution in [0.5, 0.6) is 0 Å². The number of nitrogens with two attached hydrogens (primary N) is 1. The molecule has 1 unspecified atom stereocenters. The van der Waals surface area contributed by atoms with E-state index in [1.54, 1.807) is 14.7 Å². The highest BCUT2D eigenvalue weighted by Crippen LogP contribution is 2.24. The number of piperazine rings is 1. The van der Waals surface area contributed by atoms with E-state index in [2.05, 4.69) is 5.32 Å². The van der Waals surface area contributed by atoms with Gasteiger partial charge in [0, 0.05) is 18.4 Å². The molecule has 3 heterocycles. The number of halogens is 2. The van der Waals surface area contributed by atoms with E-state index in [1.807, 2.05) is 12.2 Å². The van der Waals surface area contributed by atoms with Crippen molar-refractivity contribution in [3.8, 4) is 0 Å². The van der Waals surface area contributed by atoms with Gasteiger partial charge in [0.05, 0.1) is 43.4 Å². The third-order valence-electron chi connectivity index (χ3n) is 5.86. The number of morpholine rings is 1. The zero-order chi connectivity index (χ0) is 22.1. The monoisotopic (exact) mass is 451 g/mol. The number of nitrogens with one attached hydrogen (secondary N) is 2. The van der Waals surface area contributed by atoms with Crippen LogP contribution in [0.15, 0.2) is 29.6 Å². The standard InChI is InChI=1S/C20H24ClFN6O3/c1-12-8-24-17(10-27(12)19(29)25-13-2-3-16(22)15(21)6-13)18(7-23)28-9-14-11-31-5-4-26(14)20(28)30/h2-3,6-7,12,14,23-24H,4-5,8-11H2,1H3,(H,25,29)/p+1/b18-17+,23-7?/t12-,14?/m0/s1. The largest absolute Gasteiger partial charge is 0.377 e. The van der Waals surface area contributed by atoms with Crippen LogP contribution in [0.25, 0.3) is 0 Å². The van der Waals surface area contributed by atoms with Gasteiger partial charge in [-0.25, -0.2) is 14.0 Å². The molecule has 0 aromatic heterocycles. The first-order valence-electron chi connectivity index (χ1n) is 10.1. The Hall–Kier alpha value is -2.69. The third kappa shape index (κ3) is 4.23. The fraction of sp³-hybridized carbons (Fsp3) is 0.450. The lowest BCUT2D eigenvalue weighted by Crippen LogP contribution is -2.90. The second kappa shape index (κ2) is 8.81. The highest BCUT2D eigenvalue weighted by molar-refractivity contribution is 6.31. The van der Waals surface area contributed by atoms with Gasteiger partial charge in [0.1, 0.15) is 18.1 Å². The molecule has 0 saturated carbocycles. The van der Waals surface area contributed by atoms with Crippen LogP contribution in [-0.2, 0) is 4.74 Å². The highest BCUT2D eigenvalue weighted by atomic mass is 35.5. The van der Waals surface area contributed by atoms with Gasteiger partial charge in [0.15, 0.2) is 5.70 Å². The molecule has 4 rings (SSSR count). The molecule has 1 aromatic carbocycles. The van der Waals surface area contributed by atoms with Crippen LogP contribution in [0.3, 0.4) is 0 Å². The number of hydrogen-bond donors (Lipinski definition) is 3. The SMILES string of the molecule is C[C@H]1C[NH2+]/C(=C(\C=N)N2CC3COCCN3C2=O)CN1C(=O)Nc1ccc(F)c(Cl)c1. The van der Waals surface area contributed by atoms with Gasteiger partial charge in [-0.2, -0.15) is 0 Å². The summed E-state index contributed by atoms with van der Waals surface area (Å²) in [4.78, 5) is 30.8. The van der Waals surface area contributed by atoms with Crippen LogP contribution >= 0.6 is 11.6 Å². The molecule has 11 heteroatoms. The Labute approximate surface area is 184 Å². The molecule has 3 fully saturated rings. The fourth-order valence-electron chi connectivity index (χ4n) is 4.12. The van der Waals surface area contributed by atoms with Crippen LogP contribution in [0.2, 0.25) is 5.02 Å². The maximum absolute atomic E-state index is 13.4. The lowest BCUT2D eigenvalue weighted by atomic mass is 10.1. The Balaban J connectivity index is 1.53. The van der Waals surface area contributed by atoms with Gasteiger partial charge in [0.2, 0.25) is 0 Å². The lowest BCUT2D eigenvalue weighted by molar-refractivity contribution is -0.621. The number of carbonyl (C=O) groups is 2. The summed E-state index contributed by atoms with van der Waals surface area (Å²) in [5, 5.41) is 12.6. The number of benzene rings is 1. The topological polar surface area (TPSA) is 106 Å². The van der Waals surface area contributed by atoms with Crippen LogP contribution in [0.4, 0.5) is 19.7 Å². The summed E-state index contributed by atoms with van der Waals surface area (Å²) in [6.07, 6.45) is 1.18. The Morgan fingerprint density at radius 2 is 2.26 bits per heavy atom. The predicted molar refractivity (Wildman–Crippen MR) is 113 cm³/mol. The van der Waals surface area contributed by atoms with Gasteiger partial charge in [-0.05, 0) is 25.1 Å². The number of allylic oxidation sites excluding steroid dienone is 1. The van der Waals surface area contributed by atoms with Gasteiger partial charge in [-0.1, -0.05) is 11.6 Å². The van der Waals surface area contributed by atoms with Gasteiger partial charge >= 0.3 is 12.1 Å². The fourth-order valence-corrected chi connectivity index (χ4v) is 4.30. The number of fused-ring (bicyclic) bond motifs is 1. The van der Waals surface area contributed by atoms with E-state index < -0.39 is 5.82 Å². The lowest BCUT2D eigenvalue weighted by Gasteiger charge is -2.34. The number of anilines is 1. The zero-order valence-electron chi connectivity index (χ0n) is 17.1. The van der Waals surface area contributed by atoms with Crippen molar-refractivity contribution in [3.63, 3.8) is 0 Å². The predicted octanol–water partition coefficient (Wildman–Crippen LogP) is 1.28. The molecule has 2 atom stereocenters. The molecule has 0 aliphatic carbocycles. The maximum Gasteiger partial charge on any atom is 0.325 e. The van der Waals surface area contributed by atoms with Crippen LogP contribution < -0.4 is 10.6 Å². The molecular weight excluding hydrogens is 427 g/mol. The molecule has 31 heavy (non-hydrogen) atoms. The van der Waals surface area contributed by atoms with E-state index in [0.717, 1.165) is 5.70 Å². The van der Waals surface area contributed by atoms with Crippen molar-refractivity contribution in [2.75, 3.05) is 44.7 Å². The number of quaternary nitrogens is 1. The van der Waals surface area contributed by atoms with Gasteiger partial charge in [-0.15, -0.1) is 0 Å². The van der Waals surface area contributed by atoms with E-state index >= 15 is 0 Å². The average molecular weight is 452 g/mol. The van der Waals surface area contributed by atoms with E-state index in [9.17, 15) is 14.0 Å². The normalized spacial score (nSPS) is 25.4. The second-order valence-electron chi connectivity index (χ2n) is 7.85. The number of hydrogen-bond acceptors (Lipinski definition) is 4. The molecule has 4 amide bonds. The van der Waals surface area contributed by atoms with E-state index in [-0.39, 0.29) is 35.7 Å². The van der Waals surface area contributed by atoms with Crippen molar-refractivity contribution in [1.29, 1.82) is 5.41 Å². The summed E-state index contributed by atoms with van der Waals surface area (Å²) >= 11 is 5.81. The van der Waals surface area contributed by atoms with Gasteiger partial charge < -0.3 is 30.6 Å². The van der Waals surface area contributed by atoms with Gasteiger partial charge in [-0.3, -0.25) is 4.90 Å².